The molecule has 23 heavy (non-hydrogen) atoms. The SMILES string of the molecule is Cc1onc(-c2ccc(O[Si](C)(C)C(C)(C)C)cc2)c1C(=O)O. The molecule has 6 heteroatoms. The number of nitrogens with zero attached hydrogens (tertiary/aromatic N) is 1. The van der Waals surface area contributed by atoms with E-state index in [4.69, 9.17) is 8.95 Å². The Morgan fingerprint density at radius 3 is 2.26 bits per heavy atom. The predicted molar refractivity (Wildman–Crippen MR) is 91.5 cm³/mol. The van der Waals surface area contributed by atoms with Gasteiger partial charge in [0.05, 0.1) is 0 Å². The number of carboxylic acid groups (broad SMARTS) is 1. The van der Waals surface area contributed by atoms with Gasteiger partial charge in [-0.2, -0.15) is 0 Å². The zero-order valence-electron chi connectivity index (χ0n) is 14.4. The highest BCUT2D eigenvalue weighted by molar-refractivity contribution is 6.74. The molecule has 0 saturated heterocycles. The lowest BCUT2D eigenvalue weighted by atomic mass is 10.1. The largest absolute Gasteiger partial charge is 0.544 e. The van der Waals surface area contributed by atoms with E-state index in [2.05, 4.69) is 39.0 Å². The number of carboxylic acids is 1. The van der Waals surface area contributed by atoms with Gasteiger partial charge in [-0.05, 0) is 49.3 Å². The van der Waals surface area contributed by atoms with Gasteiger partial charge in [-0.25, -0.2) is 4.79 Å². The van der Waals surface area contributed by atoms with Crippen molar-refractivity contribution in [3.63, 3.8) is 0 Å². The third-order valence-electron chi connectivity index (χ3n) is 4.38. The summed E-state index contributed by atoms with van der Waals surface area (Å²) in [6.07, 6.45) is 0. The zero-order chi connectivity index (χ0) is 17.4. The van der Waals surface area contributed by atoms with E-state index in [1.165, 1.54) is 0 Å². The molecular formula is C17H23NO4Si. The average molecular weight is 333 g/mol. The minimum Gasteiger partial charge on any atom is -0.544 e. The molecule has 0 bridgehead atoms. The molecule has 0 aliphatic carbocycles. The molecule has 2 aromatic rings. The van der Waals surface area contributed by atoms with E-state index in [9.17, 15) is 9.90 Å². The van der Waals surface area contributed by atoms with E-state index in [-0.39, 0.29) is 10.6 Å². The number of benzene rings is 1. The van der Waals surface area contributed by atoms with Gasteiger partial charge >= 0.3 is 5.97 Å². The number of carbonyl (C=O) groups is 1. The van der Waals surface area contributed by atoms with E-state index in [1.807, 2.05) is 24.3 Å². The fraction of sp³-hybridized carbons (Fsp3) is 0.412. The monoisotopic (exact) mass is 333 g/mol. The van der Waals surface area contributed by atoms with Crippen LogP contribution in [-0.4, -0.2) is 24.5 Å². The van der Waals surface area contributed by atoms with Crippen molar-refractivity contribution in [2.45, 2.75) is 45.8 Å². The van der Waals surface area contributed by atoms with Crippen molar-refractivity contribution in [3.05, 3.63) is 35.6 Å². The highest BCUT2D eigenvalue weighted by Crippen LogP contribution is 2.37. The normalized spacial score (nSPS) is 12.3. The third-order valence-corrected chi connectivity index (χ3v) is 8.74. The molecule has 0 aliphatic rings. The van der Waals surface area contributed by atoms with Gasteiger partial charge in [0.2, 0.25) is 8.32 Å². The number of hydrogen-bond donors (Lipinski definition) is 1. The van der Waals surface area contributed by atoms with Crippen molar-refractivity contribution < 1.29 is 18.9 Å². The lowest BCUT2D eigenvalue weighted by molar-refractivity contribution is 0.0695. The summed E-state index contributed by atoms with van der Waals surface area (Å²) in [5.41, 5.74) is 1.14. The van der Waals surface area contributed by atoms with Crippen LogP contribution in [0.15, 0.2) is 28.8 Å². The summed E-state index contributed by atoms with van der Waals surface area (Å²) >= 11 is 0. The van der Waals surface area contributed by atoms with Crippen molar-refractivity contribution in [2.75, 3.05) is 0 Å². The maximum atomic E-state index is 11.3. The topological polar surface area (TPSA) is 72.6 Å². The number of aromatic nitrogens is 1. The minimum atomic E-state index is -1.90. The maximum Gasteiger partial charge on any atom is 0.341 e. The summed E-state index contributed by atoms with van der Waals surface area (Å²) in [4.78, 5) is 11.3. The molecule has 0 spiro atoms. The van der Waals surface area contributed by atoms with Crippen LogP contribution in [0.1, 0.15) is 36.9 Å². The molecule has 0 saturated carbocycles. The van der Waals surface area contributed by atoms with E-state index < -0.39 is 14.3 Å². The first-order valence-electron chi connectivity index (χ1n) is 7.52. The van der Waals surface area contributed by atoms with Gasteiger partial charge < -0.3 is 14.1 Å². The first-order valence-corrected chi connectivity index (χ1v) is 10.4. The summed E-state index contributed by atoms with van der Waals surface area (Å²) in [5, 5.41) is 13.3. The van der Waals surface area contributed by atoms with Gasteiger partial charge in [0.1, 0.15) is 22.8 Å². The van der Waals surface area contributed by atoms with Crippen molar-refractivity contribution in [1.82, 2.24) is 5.16 Å². The Morgan fingerprint density at radius 2 is 1.78 bits per heavy atom. The van der Waals surface area contributed by atoms with E-state index in [0.717, 1.165) is 5.75 Å². The lowest BCUT2D eigenvalue weighted by Gasteiger charge is -2.36. The van der Waals surface area contributed by atoms with Crippen LogP contribution >= 0.6 is 0 Å². The van der Waals surface area contributed by atoms with Gasteiger partial charge in [-0.3, -0.25) is 0 Å². The first-order chi connectivity index (χ1) is 10.5. The van der Waals surface area contributed by atoms with Crippen molar-refractivity contribution in [3.8, 4) is 17.0 Å². The van der Waals surface area contributed by atoms with Gasteiger partial charge in [0, 0.05) is 5.56 Å². The second kappa shape index (κ2) is 5.85. The van der Waals surface area contributed by atoms with Crippen molar-refractivity contribution in [1.29, 1.82) is 0 Å². The fourth-order valence-electron chi connectivity index (χ4n) is 1.95. The highest BCUT2D eigenvalue weighted by atomic mass is 28.4. The molecule has 0 fully saturated rings. The molecular weight excluding hydrogens is 310 g/mol. The fourth-order valence-corrected chi connectivity index (χ4v) is 2.98. The summed E-state index contributed by atoms with van der Waals surface area (Å²) in [6, 6.07) is 7.33. The highest BCUT2D eigenvalue weighted by Gasteiger charge is 2.38. The molecule has 0 aliphatic heterocycles. The number of rotatable bonds is 4. The van der Waals surface area contributed by atoms with Gasteiger partial charge in [-0.1, -0.05) is 25.9 Å². The van der Waals surface area contributed by atoms with Crippen LogP contribution in [0.25, 0.3) is 11.3 Å². The standard InChI is InChI=1S/C17H23NO4Si/c1-11-14(16(19)20)15(18-21-11)12-7-9-13(10-8-12)22-23(5,6)17(2,3)4/h7-10H,1-6H3,(H,19,20). The molecule has 0 radical (unpaired) electrons. The summed E-state index contributed by atoms with van der Waals surface area (Å²) in [7, 11) is -1.90. The molecule has 5 nitrogen and oxygen atoms in total. The van der Waals surface area contributed by atoms with Gasteiger partial charge in [0.15, 0.2) is 0 Å². The molecule has 2 rings (SSSR count). The van der Waals surface area contributed by atoms with Crippen LogP contribution in [0.2, 0.25) is 18.1 Å². The Morgan fingerprint density at radius 1 is 1.22 bits per heavy atom. The van der Waals surface area contributed by atoms with Crippen LogP contribution in [0, 0.1) is 6.92 Å². The van der Waals surface area contributed by atoms with Crippen LogP contribution in [0.3, 0.4) is 0 Å². The number of aryl methyl sites for hydroxylation is 1. The Bertz CT molecular complexity index is 711. The molecule has 1 aromatic carbocycles. The van der Waals surface area contributed by atoms with Crippen molar-refractivity contribution >= 4 is 14.3 Å². The Labute approximate surface area is 137 Å². The van der Waals surface area contributed by atoms with Crippen LogP contribution in [0.4, 0.5) is 0 Å². The average Bonchev–Trinajstić information content (AvgIpc) is 2.80. The van der Waals surface area contributed by atoms with E-state index in [0.29, 0.717) is 17.0 Å². The number of hydrogen-bond acceptors (Lipinski definition) is 4. The van der Waals surface area contributed by atoms with Crippen LogP contribution < -0.4 is 4.43 Å². The quantitative estimate of drug-likeness (QED) is 0.819. The minimum absolute atomic E-state index is 0.100. The zero-order valence-corrected chi connectivity index (χ0v) is 15.4. The summed E-state index contributed by atoms with van der Waals surface area (Å²) in [6.45, 7) is 12.5. The smallest absolute Gasteiger partial charge is 0.341 e. The molecule has 1 aromatic heterocycles. The Kier molecular flexibility index (Phi) is 4.39. The molecule has 1 heterocycles. The third kappa shape index (κ3) is 3.47. The van der Waals surface area contributed by atoms with Gasteiger partial charge in [-0.15, -0.1) is 0 Å². The first kappa shape index (κ1) is 17.3. The summed E-state index contributed by atoms with van der Waals surface area (Å²) in [5.74, 6) is 0.0480. The molecule has 124 valence electrons. The lowest BCUT2D eigenvalue weighted by Crippen LogP contribution is -2.43. The van der Waals surface area contributed by atoms with E-state index in [1.54, 1.807) is 6.92 Å². The molecule has 0 atom stereocenters. The van der Waals surface area contributed by atoms with Gasteiger partial charge in [0.25, 0.3) is 0 Å². The van der Waals surface area contributed by atoms with Crippen molar-refractivity contribution in [2.24, 2.45) is 0 Å². The molecule has 0 unspecified atom stereocenters. The molecule has 1 N–H and O–H groups in total. The summed E-state index contributed by atoms with van der Waals surface area (Å²) < 4.78 is 11.2. The van der Waals surface area contributed by atoms with Crippen LogP contribution in [0.5, 0.6) is 5.75 Å². The number of aromatic carboxylic acids is 1. The molecule has 0 amide bonds. The maximum absolute atomic E-state index is 11.3. The van der Waals surface area contributed by atoms with Crippen LogP contribution in [-0.2, 0) is 0 Å². The Balaban J connectivity index is 2.29. The predicted octanol–water partition coefficient (Wildman–Crippen LogP) is 4.73. The van der Waals surface area contributed by atoms with E-state index >= 15 is 0 Å². The second-order valence-electron chi connectivity index (χ2n) is 7.15. The second-order valence-corrected chi connectivity index (χ2v) is 11.9. The Hall–Kier alpha value is -2.08.